The molecule has 4 nitrogen and oxygen atoms in total. The van der Waals surface area contributed by atoms with Crippen molar-refractivity contribution < 1.29 is 4.42 Å². The van der Waals surface area contributed by atoms with Crippen molar-refractivity contribution in [2.24, 2.45) is 0 Å². The van der Waals surface area contributed by atoms with Crippen LogP contribution in [-0.4, -0.2) is 9.55 Å². The minimum Gasteiger partial charge on any atom is -0.456 e. The van der Waals surface area contributed by atoms with Crippen molar-refractivity contribution in [1.82, 2.24) is 9.55 Å². The molecule has 0 spiro atoms. The van der Waals surface area contributed by atoms with Crippen LogP contribution in [0, 0.1) is 11.3 Å². The third-order valence-electron chi connectivity index (χ3n) is 7.68. The number of hydrogen-bond donors (Lipinski definition) is 0. The largest absolute Gasteiger partial charge is 0.456 e. The zero-order chi connectivity index (χ0) is 26.6. The molecule has 8 rings (SSSR count). The molecular formula is C36H21N3O. The SMILES string of the molecule is N#Cc1cncc(-c2cccc(-c3cccc(-n4c5ccccc5c5c6c(ccc54)oc4ccccc46)c3)c2)c1. The average molecular weight is 512 g/mol. The fourth-order valence-electron chi connectivity index (χ4n) is 5.91. The topological polar surface area (TPSA) is 54.8 Å². The lowest BCUT2D eigenvalue weighted by Crippen LogP contribution is -1.94. The van der Waals surface area contributed by atoms with E-state index in [1.54, 1.807) is 12.4 Å². The fraction of sp³-hybridized carbons (Fsp3) is 0. The highest BCUT2D eigenvalue weighted by Crippen LogP contribution is 2.41. The van der Waals surface area contributed by atoms with Crippen LogP contribution in [0.4, 0.5) is 0 Å². The van der Waals surface area contributed by atoms with Gasteiger partial charge in [0.2, 0.25) is 0 Å². The molecule has 0 saturated heterocycles. The smallest absolute Gasteiger partial charge is 0.136 e. The van der Waals surface area contributed by atoms with E-state index in [9.17, 15) is 5.26 Å². The molecule has 0 N–H and O–H groups in total. The minimum absolute atomic E-state index is 0.552. The van der Waals surface area contributed by atoms with Crippen LogP contribution in [-0.2, 0) is 0 Å². The van der Waals surface area contributed by atoms with Gasteiger partial charge in [0, 0.05) is 45.2 Å². The maximum atomic E-state index is 9.31. The van der Waals surface area contributed by atoms with Crippen molar-refractivity contribution in [2.45, 2.75) is 0 Å². The number of pyridine rings is 1. The van der Waals surface area contributed by atoms with Crippen molar-refractivity contribution in [3.63, 3.8) is 0 Å². The molecule has 0 fully saturated rings. The van der Waals surface area contributed by atoms with Crippen LogP contribution in [0.15, 0.2) is 132 Å². The molecule has 0 unspecified atom stereocenters. The Kier molecular flexibility index (Phi) is 4.85. The van der Waals surface area contributed by atoms with Gasteiger partial charge in [0.1, 0.15) is 17.2 Å². The molecule has 8 aromatic rings. The Morgan fingerprint density at radius 2 is 1.32 bits per heavy atom. The number of nitriles is 1. The highest BCUT2D eigenvalue weighted by molar-refractivity contribution is 6.27. The Labute approximate surface area is 230 Å². The van der Waals surface area contributed by atoms with E-state index in [2.05, 4.69) is 113 Å². The molecule has 0 amide bonds. The number of fused-ring (bicyclic) bond motifs is 7. The third kappa shape index (κ3) is 3.35. The minimum atomic E-state index is 0.552. The quantitative estimate of drug-likeness (QED) is 0.237. The Bertz CT molecular complexity index is 2300. The first-order valence-corrected chi connectivity index (χ1v) is 13.2. The van der Waals surface area contributed by atoms with Crippen LogP contribution in [0.25, 0.3) is 71.7 Å². The number of rotatable bonds is 3. The van der Waals surface area contributed by atoms with E-state index in [-0.39, 0.29) is 0 Å². The maximum Gasteiger partial charge on any atom is 0.136 e. The zero-order valence-electron chi connectivity index (χ0n) is 21.4. The highest BCUT2D eigenvalue weighted by Gasteiger charge is 2.18. The van der Waals surface area contributed by atoms with Gasteiger partial charge in [-0.1, -0.05) is 66.7 Å². The molecule has 0 aliphatic carbocycles. The van der Waals surface area contributed by atoms with Gasteiger partial charge >= 0.3 is 0 Å². The molecule has 3 aromatic heterocycles. The lowest BCUT2D eigenvalue weighted by Gasteiger charge is -2.11. The number of nitrogens with zero attached hydrogens (tertiary/aromatic N) is 3. The summed E-state index contributed by atoms with van der Waals surface area (Å²) in [5.74, 6) is 0. The van der Waals surface area contributed by atoms with Gasteiger partial charge in [-0.2, -0.15) is 5.26 Å². The predicted octanol–water partition coefficient (Wildman–Crippen LogP) is 9.28. The van der Waals surface area contributed by atoms with Crippen molar-refractivity contribution in [1.29, 1.82) is 5.26 Å². The Hall–Kier alpha value is -5.66. The summed E-state index contributed by atoms with van der Waals surface area (Å²) in [6, 6.07) is 42.2. The van der Waals surface area contributed by atoms with Gasteiger partial charge in [-0.25, -0.2) is 0 Å². The lowest BCUT2D eigenvalue weighted by atomic mass is 9.99. The van der Waals surface area contributed by atoms with E-state index in [0.717, 1.165) is 60.9 Å². The number of aromatic nitrogens is 2. The summed E-state index contributed by atoms with van der Waals surface area (Å²) in [4.78, 5) is 4.24. The summed E-state index contributed by atoms with van der Waals surface area (Å²) < 4.78 is 8.58. The monoisotopic (exact) mass is 511 g/mol. The number of furan rings is 1. The first kappa shape index (κ1) is 22.3. The second kappa shape index (κ2) is 8.69. The maximum absolute atomic E-state index is 9.31. The summed E-state index contributed by atoms with van der Waals surface area (Å²) in [6.45, 7) is 0. The molecular weight excluding hydrogens is 490 g/mol. The number of hydrogen-bond acceptors (Lipinski definition) is 3. The number of para-hydroxylation sites is 2. The van der Waals surface area contributed by atoms with Crippen molar-refractivity contribution in [3.05, 3.63) is 133 Å². The normalized spacial score (nSPS) is 11.5. The number of benzene rings is 5. The van der Waals surface area contributed by atoms with Gasteiger partial charge in [0.25, 0.3) is 0 Å². The van der Waals surface area contributed by atoms with Gasteiger partial charge in [-0.15, -0.1) is 0 Å². The van der Waals surface area contributed by atoms with Gasteiger partial charge in [-0.05, 0) is 65.2 Å². The van der Waals surface area contributed by atoms with Crippen LogP contribution in [0.5, 0.6) is 0 Å². The van der Waals surface area contributed by atoms with Crippen molar-refractivity contribution >= 4 is 43.7 Å². The molecule has 0 radical (unpaired) electrons. The molecule has 4 heteroatoms. The average Bonchev–Trinajstić information content (AvgIpc) is 3.57. The van der Waals surface area contributed by atoms with E-state index in [1.165, 1.54) is 10.8 Å². The van der Waals surface area contributed by atoms with E-state index in [0.29, 0.717) is 5.56 Å². The van der Waals surface area contributed by atoms with E-state index < -0.39 is 0 Å². The van der Waals surface area contributed by atoms with E-state index >= 15 is 0 Å². The lowest BCUT2D eigenvalue weighted by molar-refractivity contribution is 0.669. The Morgan fingerprint density at radius 3 is 2.20 bits per heavy atom. The summed E-state index contributed by atoms with van der Waals surface area (Å²) in [6.07, 6.45) is 3.39. The summed E-state index contributed by atoms with van der Waals surface area (Å²) in [7, 11) is 0. The van der Waals surface area contributed by atoms with Gasteiger partial charge in [0.05, 0.1) is 16.6 Å². The van der Waals surface area contributed by atoms with Gasteiger partial charge in [-0.3, -0.25) is 4.98 Å². The molecule has 0 bridgehead atoms. The fourth-order valence-corrected chi connectivity index (χ4v) is 5.91. The van der Waals surface area contributed by atoms with Crippen LogP contribution >= 0.6 is 0 Å². The molecule has 0 aliphatic heterocycles. The third-order valence-corrected chi connectivity index (χ3v) is 7.68. The zero-order valence-corrected chi connectivity index (χ0v) is 21.4. The predicted molar refractivity (Wildman–Crippen MR) is 161 cm³/mol. The molecule has 0 saturated carbocycles. The summed E-state index contributed by atoms with van der Waals surface area (Å²) in [5.41, 5.74) is 9.91. The van der Waals surface area contributed by atoms with Crippen LogP contribution in [0.2, 0.25) is 0 Å². The van der Waals surface area contributed by atoms with E-state index in [1.807, 2.05) is 18.2 Å². The summed E-state index contributed by atoms with van der Waals surface area (Å²) >= 11 is 0. The van der Waals surface area contributed by atoms with Crippen molar-refractivity contribution in [2.75, 3.05) is 0 Å². The van der Waals surface area contributed by atoms with Gasteiger partial charge in [0.15, 0.2) is 0 Å². The van der Waals surface area contributed by atoms with Gasteiger partial charge < -0.3 is 8.98 Å². The van der Waals surface area contributed by atoms with Crippen LogP contribution < -0.4 is 0 Å². The summed E-state index contributed by atoms with van der Waals surface area (Å²) in [5, 5.41) is 14.0. The molecule has 0 atom stereocenters. The second-order valence-electron chi connectivity index (χ2n) is 9.99. The Morgan fingerprint density at radius 1 is 0.575 bits per heavy atom. The molecule has 40 heavy (non-hydrogen) atoms. The highest BCUT2D eigenvalue weighted by atomic mass is 16.3. The van der Waals surface area contributed by atoms with Crippen LogP contribution in [0.3, 0.4) is 0 Å². The molecule has 186 valence electrons. The molecule has 3 heterocycles. The first-order valence-electron chi connectivity index (χ1n) is 13.2. The Balaban J connectivity index is 1.34. The molecule has 5 aromatic carbocycles. The molecule has 0 aliphatic rings. The second-order valence-corrected chi connectivity index (χ2v) is 9.99. The van der Waals surface area contributed by atoms with E-state index in [4.69, 9.17) is 4.42 Å². The van der Waals surface area contributed by atoms with Crippen molar-refractivity contribution in [3.8, 4) is 34.0 Å². The standard InChI is InChI=1S/C36H21N3O/c37-20-23-17-27(22-38-21-23)25-8-5-7-24(18-25)26-9-6-10-28(19-26)39-31-13-3-1-11-29(31)35-32(39)15-16-34-36(35)30-12-2-4-14-33(30)40-34/h1-19,21-22H. The van der Waals surface area contributed by atoms with Crippen LogP contribution in [0.1, 0.15) is 5.56 Å². The first-order chi connectivity index (χ1) is 19.8.